The first-order valence-corrected chi connectivity index (χ1v) is 6.18. The predicted molar refractivity (Wildman–Crippen MR) is 73.2 cm³/mol. The highest BCUT2D eigenvalue weighted by Gasteiger charge is 2.10. The smallest absolute Gasteiger partial charge is 0.307 e. The molecule has 0 spiro atoms. The van der Waals surface area contributed by atoms with Crippen LogP contribution in [-0.2, 0) is 11.2 Å². The summed E-state index contributed by atoms with van der Waals surface area (Å²) < 4.78 is 13.8. The fourth-order valence-corrected chi connectivity index (χ4v) is 2.14. The zero-order valence-corrected chi connectivity index (χ0v) is 11.2. The Morgan fingerprint density at radius 2 is 1.89 bits per heavy atom. The number of carboxylic acid groups (broad SMARTS) is 1. The van der Waals surface area contributed by atoms with Crippen molar-refractivity contribution in [1.29, 1.82) is 0 Å². The molecule has 2 rings (SSSR count). The molecule has 0 unspecified atom stereocenters. The van der Waals surface area contributed by atoms with E-state index in [0.29, 0.717) is 21.2 Å². The summed E-state index contributed by atoms with van der Waals surface area (Å²) in [6.45, 7) is 0. The number of carboxylic acids is 1. The lowest BCUT2D eigenvalue weighted by atomic mass is 10.0. The Hall–Kier alpha value is -1.58. The highest BCUT2D eigenvalue weighted by Crippen LogP contribution is 2.31. The van der Waals surface area contributed by atoms with Crippen LogP contribution in [0.25, 0.3) is 11.1 Å². The maximum atomic E-state index is 13.8. The summed E-state index contributed by atoms with van der Waals surface area (Å²) in [5.41, 5.74) is 1.29. The third-order valence-electron chi connectivity index (χ3n) is 2.63. The van der Waals surface area contributed by atoms with Crippen LogP contribution in [0, 0.1) is 5.82 Å². The molecule has 0 saturated heterocycles. The summed E-state index contributed by atoms with van der Waals surface area (Å²) in [5, 5.41) is 9.60. The van der Waals surface area contributed by atoms with Crippen LogP contribution < -0.4 is 0 Å². The first-order valence-electron chi connectivity index (χ1n) is 5.43. The average Bonchev–Trinajstić information content (AvgIpc) is 2.34. The van der Waals surface area contributed by atoms with E-state index in [9.17, 15) is 9.18 Å². The summed E-state index contributed by atoms with van der Waals surface area (Å²) >= 11 is 11.9. The first-order chi connectivity index (χ1) is 8.97. The third kappa shape index (κ3) is 3.25. The predicted octanol–water partition coefficient (Wildman–Crippen LogP) is 4.43. The summed E-state index contributed by atoms with van der Waals surface area (Å²) in [5.74, 6) is -1.65. The van der Waals surface area contributed by atoms with Crippen molar-refractivity contribution in [3.63, 3.8) is 0 Å². The van der Waals surface area contributed by atoms with Gasteiger partial charge in [0.25, 0.3) is 0 Å². The van der Waals surface area contributed by atoms with Crippen molar-refractivity contribution in [2.75, 3.05) is 0 Å². The van der Waals surface area contributed by atoms with Crippen LogP contribution in [0.3, 0.4) is 0 Å². The molecule has 0 amide bonds. The number of rotatable bonds is 3. The maximum Gasteiger partial charge on any atom is 0.307 e. The summed E-state index contributed by atoms with van der Waals surface area (Å²) in [4.78, 5) is 10.6. The molecule has 0 radical (unpaired) electrons. The molecule has 0 aliphatic heterocycles. The molecular formula is C14H9Cl2FO2. The van der Waals surface area contributed by atoms with E-state index in [2.05, 4.69) is 0 Å². The van der Waals surface area contributed by atoms with Crippen LogP contribution >= 0.6 is 23.2 Å². The van der Waals surface area contributed by atoms with Crippen molar-refractivity contribution in [2.45, 2.75) is 6.42 Å². The van der Waals surface area contributed by atoms with E-state index in [-0.39, 0.29) is 12.0 Å². The molecule has 0 aliphatic rings. The Balaban J connectivity index is 2.44. The summed E-state index contributed by atoms with van der Waals surface area (Å²) in [6, 6.07) is 9.23. The van der Waals surface area contributed by atoms with Gasteiger partial charge in [-0.25, -0.2) is 4.39 Å². The highest BCUT2D eigenvalue weighted by molar-refractivity contribution is 6.35. The molecule has 0 bridgehead atoms. The van der Waals surface area contributed by atoms with E-state index in [0.717, 1.165) is 0 Å². The molecule has 0 aliphatic carbocycles. The van der Waals surface area contributed by atoms with Gasteiger partial charge in [-0.2, -0.15) is 0 Å². The standard InChI is InChI=1S/C14H9Cl2FO2/c15-10-3-4-12(16)11(7-10)8-1-2-9(6-14(18)19)13(17)5-8/h1-5,7H,6H2,(H,18,19). The number of carbonyl (C=O) groups is 1. The van der Waals surface area contributed by atoms with Crippen LogP contribution in [0.4, 0.5) is 4.39 Å². The van der Waals surface area contributed by atoms with Gasteiger partial charge in [0.15, 0.2) is 0 Å². The van der Waals surface area contributed by atoms with Crippen molar-refractivity contribution in [3.8, 4) is 11.1 Å². The highest BCUT2D eigenvalue weighted by atomic mass is 35.5. The van der Waals surface area contributed by atoms with Crippen molar-refractivity contribution >= 4 is 29.2 Å². The SMILES string of the molecule is O=C(O)Cc1ccc(-c2cc(Cl)ccc2Cl)cc1F. The van der Waals surface area contributed by atoms with E-state index >= 15 is 0 Å². The zero-order valence-electron chi connectivity index (χ0n) is 9.66. The molecule has 0 saturated carbocycles. The van der Waals surface area contributed by atoms with Crippen LogP contribution in [0.5, 0.6) is 0 Å². The topological polar surface area (TPSA) is 37.3 Å². The number of benzene rings is 2. The van der Waals surface area contributed by atoms with E-state index in [1.54, 1.807) is 24.3 Å². The van der Waals surface area contributed by atoms with Crippen molar-refractivity contribution in [2.24, 2.45) is 0 Å². The minimum atomic E-state index is -1.08. The Morgan fingerprint density at radius 3 is 2.53 bits per heavy atom. The average molecular weight is 299 g/mol. The molecule has 98 valence electrons. The second-order valence-corrected chi connectivity index (χ2v) is 4.84. The van der Waals surface area contributed by atoms with Gasteiger partial charge in [0, 0.05) is 15.6 Å². The summed E-state index contributed by atoms with van der Waals surface area (Å²) in [7, 11) is 0. The van der Waals surface area contributed by atoms with Crippen LogP contribution in [0.15, 0.2) is 36.4 Å². The van der Waals surface area contributed by atoms with Gasteiger partial charge in [-0.3, -0.25) is 4.79 Å². The normalized spacial score (nSPS) is 10.5. The first kappa shape index (κ1) is 13.8. The molecule has 0 heterocycles. The quantitative estimate of drug-likeness (QED) is 0.910. The van der Waals surface area contributed by atoms with Crippen molar-refractivity contribution in [1.82, 2.24) is 0 Å². The number of halogens is 3. The van der Waals surface area contributed by atoms with Gasteiger partial charge in [-0.1, -0.05) is 35.3 Å². The lowest BCUT2D eigenvalue weighted by Crippen LogP contribution is -2.02. The fraction of sp³-hybridized carbons (Fsp3) is 0.0714. The number of aliphatic carboxylic acids is 1. The lowest BCUT2D eigenvalue weighted by molar-refractivity contribution is -0.136. The largest absolute Gasteiger partial charge is 0.481 e. The van der Waals surface area contributed by atoms with Gasteiger partial charge < -0.3 is 5.11 Å². The zero-order chi connectivity index (χ0) is 14.0. The van der Waals surface area contributed by atoms with Gasteiger partial charge in [-0.15, -0.1) is 0 Å². The monoisotopic (exact) mass is 298 g/mol. The minimum Gasteiger partial charge on any atom is -0.481 e. The van der Waals surface area contributed by atoms with E-state index < -0.39 is 11.8 Å². The lowest BCUT2D eigenvalue weighted by Gasteiger charge is -2.07. The van der Waals surface area contributed by atoms with Gasteiger partial charge in [-0.05, 0) is 35.4 Å². The Labute approximate surface area is 119 Å². The fourth-order valence-electron chi connectivity index (χ4n) is 1.74. The Kier molecular flexibility index (Phi) is 4.08. The number of hydrogen-bond acceptors (Lipinski definition) is 1. The van der Waals surface area contributed by atoms with Crippen molar-refractivity contribution in [3.05, 3.63) is 57.8 Å². The Morgan fingerprint density at radius 1 is 1.16 bits per heavy atom. The van der Waals surface area contributed by atoms with Crippen molar-refractivity contribution < 1.29 is 14.3 Å². The Bertz CT molecular complexity index is 641. The molecule has 2 nitrogen and oxygen atoms in total. The van der Waals surface area contributed by atoms with Gasteiger partial charge in [0.1, 0.15) is 5.82 Å². The molecule has 5 heteroatoms. The molecule has 0 fully saturated rings. The molecule has 19 heavy (non-hydrogen) atoms. The van der Waals surface area contributed by atoms with Crippen LogP contribution in [0.1, 0.15) is 5.56 Å². The molecule has 1 N–H and O–H groups in total. The van der Waals surface area contributed by atoms with Crippen LogP contribution in [-0.4, -0.2) is 11.1 Å². The molecule has 0 atom stereocenters. The molecular weight excluding hydrogens is 290 g/mol. The van der Waals surface area contributed by atoms with E-state index in [1.165, 1.54) is 12.1 Å². The summed E-state index contributed by atoms with van der Waals surface area (Å²) in [6.07, 6.45) is -0.352. The van der Waals surface area contributed by atoms with E-state index in [4.69, 9.17) is 28.3 Å². The minimum absolute atomic E-state index is 0.134. The van der Waals surface area contributed by atoms with Gasteiger partial charge in [0.2, 0.25) is 0 Å². The van der Waals surface area contributed by atoms with E-state index in [1.807, 2.05) is 0 Å². The second-order valence-electron chi connectivity index (χ2n) is 4.00. The van der Waals surface area contributed by atoms with Gasteiger partial charge in [0.05, 0.1) is 6.42 Å². The van der Waals surface area contributed by atoms with Gasteiger partial charge >= 0.3 is 5.97 Å². The third-order valence-corrected chi connectivity index (χ3v) is 3.20. The second kappa shape index (κ2) is 5.59. The molecule has 0 aromatic heterocycles. The number of hydrogen-bond donors (Lipinski definition) is 1. The maximum absolute atomic E-state index is 13.8. The van der Waals surface area contributed by atoms with Crippen LogP contribution in [0.2, 0.25) is 10.0 Å². The molecule has 2 aromatic carbocycles. The molecule has 2 aromatic rings.